The van der Waals surface area contributed by atoms with E-state index < -0.39 is 5.91 Å². The van der Waals surface area contributed by atoms with Crippen molar-refractivity contribution in [3.8, 4) is 17.1 Å². The predicted octanol–water partition coefficient (Wildman–Crippen LogP) is 5.46. The van der Waals surface area contributed by atoms with Gasteiger partial charge in [-0.2, -0.15) is 0 Å². The number of carbonyl (C=O) groups excluding carboxylic acids is 1. The van der Waals surface area contributed by atoms with Crippen LogP contribution in [0.15, 0.2) is 72.8 Å². The van der Waals surface area contributed by atoms with Crippen molar-refractivity contribution in [2.24, 2.45) is 0 Å². The van der Waals surface area contributed by atoms with E-state index in [2.05, 4.69) is 15.4 Å². The van der Waals surface area contributed by atoms with Gasteiger partial charge in [0.15, 0.2) is 5.82 Å². The van der Waals surface area contributed by atoms with Crippen LogP contribution >= 0.6 is 11.6 Å². The number of anilines is 1. The van der Waals surface area contributed by atoms with Crippen molar-refractivity contribution in [2.75, 3.05) is 5.32 Å². The number of carbonyl (C=O) groups is 1. The van der Waals surface area contributed by atoms with Gasteiger partial charge in [-0.3, -0.25) is 4.79 Å². The molecule has 0 fully saturated rings. The molecular weight excluding hydrogens is 384 g/mol. The average Bonchev–Trinajstić information content (AvgIpc) is 3.17. The Morgan fingerprint density at radius 1 is 0.966 bits per heavy atom. The number of aromatic nitrogens is 3. The van der Waals surface area contributed by atoms with Crippen LogP contribution in [0.3, 0.4) is 0 Å². The summed E-state index contributed by atoms with van der Waals surface area (Å²) < 4.78 is 1.69. The first-order chi connectivity index (χ1) is 14.0. The van der Waals surface area contributed by atoms with E-state index in [1.165, 1.54) is 0 Å². The maximum atomic E-state index is 12.9. The Balaban J connectivity index is 1.78. The highest BCUT2D eigenvalue weighted by Crippen LogP contribution is 2.26. The topological polar surface area (TPSA) is 59.8 Å². The Bertz CT molecular complexity index is 1160. The molecule has 0 aliphatic carbocycles. The molecule has 0 saturated carbocycles. The number of rotatable bonds is 4. The molecule has 4 rings (SSSR count). The van der Waals surface area contributed by atoms with Gasteiger partial charge < -0.3 is 5.32 Å². The smallest absolute Gasteiger partial charge is 0.295 e. The second-order valence-corrected chi connectivity index (χ2v) is 7.17. The number of nitrogens with one attached hydrogen (secondary N) is 1. The van der Waals surface area contributed by atoms with Crippen molar-refractivity contribution < 1.29 is 4.79 Å². The standard InChI is InChI=1S/C23H19ClN4O/c1-15-8-6-12-18(14-15)28-22(17-10-4-3-5-11-17)26-21(27-28)23(29)25-20-16(2)9-7-13-19(20)24/h3-14H,1-2H3,(H,25,29). The van der Waals surface area contributed by atoms with Gasteiger partial charge in [0.1, 0.15) is 0 Å². The van der Waals surface area contributed by atoms with Crippen LogP contribution in [0.25, 0.3) is 17.1 Å². The second kappa shape index (κ2) is 7.89. The number of amides is 1. The SMILES string of the molecule is Cc1cccc(-n2nc(C(=O)Nc3c(C)cccc3Cl)nc2-c2ccccc2)c1. The molecule has 144 valence electrons. The summed E-state index contributed by atoms with van der Waals surface area (Å²) in [6.07, 6.45) is 0. The highest BCUT2D eigenvalue weighted by molar-refractivity contribution is 6.34. The predicted molar refractivity (Wildman–Crippen MR) is 116 cm³/mol. The molecule has 5 nitrogen and oxygen atoms in total. The second-order valence-electron chi connectivity index (χ2n) is 6.76. The molecule has 29 heavy (non-hydrogen) atoms. The van der Waals surface area contributed by atoms with Gasteiger partial charge in [-0.1, -0.05) is 66.2 Å². The molecule has 0 saturated heterocycles. The molecule has 0 radical (unpaired) electrons. The van der Waals surface area contributed by atoms with Crippen molar-refractivity contribution >= 4 is 23.2 Å². The fourth-order valence-corrected chi connectivity index (χ4v) is 3.35. The summed E-state index contributed by atoms with van der Waals surface area (Å²) in [7, 11) is 0. The molecule has 0 unspecified atom stereocenters. The number of benzene rings is 3. The zero-order valence-electron chi connectivity index (χ0n) is 16.1. The maximum absolute atomic E-state index is 12.9. The normalized spacial score (nSPS) is 10.7. The first-order valence-electron chi connectivity index (χ1n) is 9.19. The van der Waals surface area contributed by atoms with Crippen molar-refractivity contribution in [1.29, 1.82) is 0 Å². The Morgan fingerprint density at radius 3 is 2.45 bits per heavy atom. The van der Waals surface area contributed by atoms with Gasteiger partial charge in [-0.25, -0.2) is 9.67 Å². The first kappa shape index (κ1) is 18.9. The van der Waals surface area contributed by atoms with Gasteiger partial charge in [0.25, 0.3) is 5.91 Å². The van der Waals surface area contributed by atoms with E-state index in [4.69, 9.17) is 11.6 Å². The van der Waals surface area contributed by atoms with Crippen LogP contribution in [0.2, 0.25) is 5.02 Å². The molecule has 0 aliphatic heterocycles. The lowest BCUT2D eigenvalue weighted by Crippen LogP contribution is -2.15. The summed E-state index contributed by atoms with van der Waals surface area (Å²) in [5.74, 6) is 0.256. The third kappa shape index (κ3) is 3.91. The summed E-state index contributed by atoms with van der Waals surface area (Å²) in [4.78, 5) is 17.4. The van der Waals surface area contributed by atoms with Gasteiger partial charge in [0.2, 0.25) is 5.82 Å². The van der Waals surface area contributed by atoms with Gasteiger partial charge in [-0.05, 0) is 43.2 Å². The first-order valence-corrected chi connectivity index (χ1v) is 9.57. The van der Waals surface area contributed by atoms with Crippen LogP contribution in [0.4, 0.5) is 5.69 Å². The van der Waals surface area contributed by atoms with E-state index in [1.54, 1.807) is 10.7 Å². The molecular formula is C23H19ClN4O. The summed E-state index contributed by atoms with van der Waals surface area (Å²) in [6, 6.07) is 23.0. The Kier molecular flexibility index (Phi) is 5.14. The lowest BCUT2D eigenvalue weighted by Gasteiger charge is -2.08. The number of aryl methyl sites for hydroxylation is 2. The van der Waals surface area contributed by atoms with Crippen LogP contribution in [0, 0.1) is 13.8 Å². The van der Waals surface area contributed by atoms with Crippen molar-refractivity contribution in [3.63, 3.8) is 0 Å². The van der Waals surface area contributed by atoms with E-state index in [9.17, 15) is 4.79 Å². The Labute approximate surface area is 174 Å². The number of hydrogen-bond donors (Lipinski definition) is 1. The molecule has 0 spiro atoms. The summed E-state index contributed by atoms with van der Waals surface area (Å²) in [5.41, 5.74) is 4.23. The zero-order valence-corrected chi connectivity index (χ0v) is 16.8. The van der Waals surface area contributed by atoms with E-state index in [-0.39, 0.29) is 5.82 Å². The minimum atomic E-state index is -0.412. The molecule has 1 amide bonds. The molecule has 0 atom stereocenters. The Morgan fingerprint density at radius 2 is 1.72 bits per heavy atom. The summed E-state index contributed by atoms with van der Waals surface area (Å²) in [5, 5.41) is 7.82. The lowest BCUT2D eigenvalue weighted by atomic mass is 10.2. The minimum Gasteiger partial charge on any atom is -0.318 e. The van der Waals surface area contributed by atoms with E-state index in [0.29, 0.717) is 16.5 Å². The van der Waals surface area contributed by atoms with Crippen LogP contribution < -0.4 is 5.32 Å². The number of halogens is 1. The van der Waals surface area contributed by atoms with Gasteiger partial charge in [-0.15, -0.1) is 5.10 Å². The molecule has 6 heteroatoms. The largest absolute Gasteiger partial charge is 0.318 e. The molecule has 3 aromatic carbocycles. The minimum absolute atomic E-state index is 0.0738. The third-order valence-corrected chi connectivity index (χ3v) is 4.86. The number of nitrogens with zero attached hydrogens (tertiary/aromatic N) is 3. The summed E-state index contributed by atoms with van der Waals surface area (Å²) >= 11 is 6.25. The van der Waals surface area contributed by atoms with Crippen molar-refractivity contribution in [1.82, 2.24) is 14.8 Å². The maximum Gasteiger partial charge on any atom is 0.295 e. The molecule has 0 aliphatic rings. The molecule has 1 aromatic heterocycles. The van der Waals surface area contributed by atoms with E-state index in [0.717, 1.165) is 22.4 Å². The molecule has 4 aromatic rings. The highest BCUT2D eigenvalue weighted by atomic mass is 35.5. The average molecular weight is 403 g/mol. The lowest BCUT2D eigenvalue weighted by molar-refractivity contribution is 0.101. The van der Waals surface area contributed by atoms with E-state index >= 15 is 0 Å². The van der Waals surface area contributed by atoms with Gasteiger partial charge in [0.05, 0.1) is 16.4 Å². The molecule has 0 bridgehead atoms. The summed E-state index contributed by atoms with van der Waals surface area (Å²) in [6.45, 7) is 3.89. The number of para-hydroxylation sites is 1. The Hall–Kier alpha value is -3.44. The monoisotopic (exact) mass is 402 g/mol. The van der Waals surface area contributed by atoms with Crippen LogP contribution in [-0.4, -0.2) is 20.7 Å². The van der Waals surface area contributed by atoms with Crippen LogP contribution in [0.1, 0.15) is 21.7 Å². The zero-order chi connectivity index (χ0) is 20.4. The van der Waals surface area contributed by atoms with Gasteiger partial charge in [0, 0.05) is 5.56 Å². The quantitative estimate of drug-likeness (QED) is 0.493. The van der Waals surface area contributed by atoms with E-state index in [1.807, 2.05) is 80.6 Å². The molecule has 1 N–H and O–H groups in total. The van der Waals surface area contributed by atoms with Crippen molar-refractivity contribution in [2.45, 2.75) is 13.8 Å². The molecule has 1 heterocycles. The highest BCUT2D eigenvalue weighted by Gasteiger charge is 2.20. The van der Waals surface area contributed by atoms with Crippen LogP contribution in [-0.2, 0) is 0 Å². The third-order valence-electron chi connectivity index (χ3n) is 4.55. The van der Waals surface area contributed by atoms with Crippen molar-refractivity contribution in [3.05, 3.63) is 94.8 Å². The fourth-order valence-electron chi connectivity index (χ4n) is 3.08. The van der Waals surface area contributed by atoms with Gasteiger partial charge >= 0.3 is 0 Å². The number of hydrogen-bond acceptors (Lipinski definition) is 3. The van der Waals surface area contributed by atoms with Crippen LogP contribution in [0.5, 0.6) is 0 Å². The fraction of sp³-hybridized carbons (Fsp3) is 0.0870.